The van der Waals surface area contributed by atoms with Crippen molar-refractivity contribution < 1.29 is 23.4 Å². The summed E-state index contributed by atoms with van der Waals surface area (Å²) in [5.41, 5.74) is -1.48. The van der Waals surface area contributed by atoms with Gasteiger partial charge < -0.3 is 24.8 Å². The van der Waals surface area contributed by atoms with E-state index in [0.717, 1.165) is 23.1 Å². The van der Waals surface area contributed by atoms with Crippen LogP contribution >= 0.6 is 11.6 Å². The monoisotopic (exact) mass is 585 g/mol. The van der Waals surface area contributed by atoms with Crippen LogP contribution in [-0.4, -0.2) is 51.9 Å². The Bertz CT molecular complexity index is 1450. The van der Waals surface area contributed by atoms with Gasteiger partial charge in [-0.3, -0.25) is 4.79 Å². The Hall–Kier alpha value is -3.70. The lowest BCUT2D eigenvalue weighted by molar-refractivity contribution is -0.0234. The van der Waals surface area contributed by atoms with E-state index >= 15 is 0 Å². The SMILES string of the molecule is CC(C)(C)OC(=O)NC1(c2ccc(Oc3ccc(-n4ncc(NCC5(F)CCCOC5)c(Cl)c4=O)cn3)cc2)CC1. The largest absolute Gasteiger partial charge is 0.444 e. The third-order valence-corrected chi connectivity index (χ3v) is 7.24. The molecule has 2 fully saturated rings. The summed E-state index contributed by atoms with van der Waals surface area (Å²) in [7, 11) is 0. The van der Waals surface area contributed by atoms with E-state index in [4.69, 9.17) is 25.8 Å². The minimum atomic E-state index is -1.52. The summed E-state index contributed by atoms with van der Waals surface area (Å²) in [6, 6.07) is 10.7. The summed E-state index contributed by atoms with van der Waals surface area (Å²) in [4.78, 5) is 29.4. The van der Waals surface area contributed by atoms with E-state index in [9.17, 15) is 14.0 Å². The van der Waals surface area contributed by atoms with Crippen molar-refractivity contribution >= 4 is 23.4 Å². The highest BCUT2D eigenvalue weighted by atomic mass is 35.5. The number of halogens is 2. The van der Waals surface area contributed by atoms with E-state index in [0.29, 0.717) is 36.8 Å². The van der Waals surface area contributed by atoms with E-state index in [2.05, 4.69) is 20.7 Å². The molecule has 10 nitrogen and oxygen atoms in total. The van der Waals surface area contributed by atoms with Gasteiger partial charge in [0, 0.05) is 12.7 Å². The van der Waals surface area contributed by atoms with E-state index < -0.39 is 28.5 Å². The predicted octanol–water partition coefficient (Wildman–Crippen LogP) is 5.52. The van der Waals surface area contributed by atoms with Gasteiger partial charge in [-0.25, -0.2) is 14.2 Å². The number of nitrogens with zero attached hydrogens (tertiary/aromatic N) is 3. The number of rotatable bonds is 8. The average molecular weight is 586 g/mol. The third kappa shape index (κ3) is 6.97. The van der Waals surface area contributed by atoms with Crippen molar-refractivity contribution in [3.8, 4) is 17.3 Å². The summed E-state index contributed by atoms with van der Waals surface area (Å²) < 4.78 is 32.4. The molecule has 1 atom stereocenters. The fourth-order valence-electron chi connectivity index (χ4n) is 4.58. The molecule has 2 aromatic heterocycles. The topological polar surface area (TPSA) is 117 Å². The molecule has 1 aliphatic carbocycles. The second-order valence-corrected chi connectivity index (χ2v) is 11.8. The lowest BCUT2D eigenvalue weighted by Gasteiger charge is -2.29. The number of anilines is 1. The number of aromatic nitrogens is 3. The molecule has 2 N–H and O–H groups in total. The highest BCUT2D eigenvalue weighted by Gasteiger charge is 2.46. The molecular weight excluding hydrogens is 553 g/mol. The summed E-state index contributed by atoms with van der Waals surface area (Å²) in [6.07, 6.45) is 5.05. The molecule has 0 spiro atoms. The van der Waals surface area contributed by atoms with Gasteiger partial charge in [0.05, 0.1) is 42.5 Å². The molecule has 0 radical (unpaired) electrons. The van der Waals surface area contributed by atoms with Crippen molar-refractivity contribution in [3.63, 3.8) is 0 Å². The molecule has 3 aromatic rings. The summed E-state index contributed by atoms with van der Waals surface area (Å²) in [5.74, 6) is 0.875. The van der Waals surface area contributed by atoms with E-state index in [-0.39, 0.29) is 23.9 Å². The molecule has 2 aliphatic rings. The predicted molar refractivity (Wildman–Crippen MR) is 152 cm³/mol. The number of alkyl halides is 1. The van der Waals surface area contributed by atoms with Gasteiger partial charge in [0.25, 0.3) is 5.56 Å². The first-order valence-electron chi connectivity index (χ1n) is 13.5. The maximum Gasteiger partial charge on any atom is 0.408 e. The maximum atomic E-state index is 14.8. The van der Waals surface area contributed by atoms with Gasteiger partial charge in [-0.05, 0) is 70.2 Å². The van der Waals surface area contributed by atoms with Crippen LogP contribution in [-0.2, 0) is 15.0 Å². The number of carbonyl (C=O) groups excluding carboxylic acids is 1. The summed E-state index contributed by atoms with van der Waals surface area (Å²) in [5, 5.41) is 9.94. The Morgan fingerprint density at radius 1 is 1.15 bits per heavy atom. The standard InChI is InChI=1S/C29H33ClFN5O5/c1-27(2,3)41-26(38)35-29(12-13-29)19-5-8-21(9-6-19)40-23-10-7-20(15-32-23)36-25(37)24(30)22(16-34-36)33-17-28(31)11-4-14-39-18-28/h5-10,15-16,33H,4,11-14,17-18H2,1-3H3,(H,35,38). The number of hydrogen-bond acceptors (Lipinski definition) is 8. The van der Waals surface area contributed by atoms with Gasteiger partial charge in [0.2, 0.25) is 5.88 Å². The molecule has 12 heteroatoms. The molecule has 41 heavy (non-hydrogen) atoms. The van der Waals surface area contributed by atoms with Gasteiger partial charge >= 0.3 is 6.09 Å². The first kappa shape index (κ1) is 28.8. The van der Waals surface area contributed by atoms with Crippen LogP contribution < -0.4 is 20.9 Å². The second kappa shape index (κ2) is 11.3. The van der Waals surface area contributed by atoms with Crippen LogP contribution in [0.25, 0.3) is 5.69 Å². The second-order valence-electron chi connectivity index (χ2n) is 11.4. The zero-order valence-corrected chi connectivity index (χ0v) is 24.0. The Kier molecular flexibility index (Phi) is 7.93. The maximum absolute atomic E-state index is 14.8. The third-order valence-electron chi connectivity index (χ3n) is 6.87. The number of hydrogen-bond donors (Lipinski definition) is 2. The average Bonchev–Trinajstić information content (AvgIpc) is 3.70. The van der Waals surface area contributed by atoms with Crippen molar-refractivity contribution in [2.24, 2.45) is 0 Å². The van der Waals surface area contributed by atoms with Gasteiger partial charge in [0.1, 0.15) is 16.4 Å². The van der Waals surface area contributed by atoms with Gasteiger partial charge in [0.15, 0.2) is 5.67 Å². The molecule has 5 rings (SSSR count). The van der Waals surface area contributed by atoms with Crippen molar-refractivity contribution in [2.45, 2.75) is 63.3 Å². The normalized spacial score (nSPS) is 19.7. The van der Waals surface area contributed by atoms with Crippen molar-refractivity contribution in [3.05, 3.63) is 69.7 Å². The van der Waals surface area contributed by atoms with Crippen LogP contribution in [0.3, 0.4) is 0 Å². The highest BCUT2D eigenvalue weighted by molar-refractivity contribution is 6.32. The minimum Gasteiger partial charge on any atom is -0.444 e. The number of pyridine rings is 1. The zero-order valence-electron chi connectivity index (χ0n) is 23.2. The molecule has 1 amide bonds. The van der Waals surface area contributed by atoms with Crippen molar-refractivity contribution in [2.75, 3.05) is 25.1 Å². The van der Waals surface area contributed by atoms with Crippen LogP contribution in [0.4, 0.5) is 14.9 Å². The number of amides is 1. The first-order chi connectivity index (χ1) is 19.5. The molecule has 1 aliphatic heterocycles. The minimum absolute atomic E-state index is 0.00156. The Balaban J connectivity index is 1.21. The Morgan fingerprint density at radius 2 is 1.90 bits per heavy atom. The van der Waals surface area contributed by atoms with Crippen LogP contribution in [0.15, 0.2) is 53.6 Å². The van der Waals surface area contributed by atoms with Crippen LogP contribution in [0, 0.1) is 0 Å². The molecule has 1 saturated heterocycles. The summed E-state index contributed by atoms with van der Waals surface area (Å²) >= 11 is 6.29. The molecule has 3 heterocycles. The lowest BCUT2D eigenvalue weighted by Crippen LogP contribution is -2.40. The first-order valence-corrected chi connectivity index (χ1v) is 13.9. The fourth-order valence-corrected chi connectivity index (χ4v) is 4.78. The fraction of sp³-hybridized carbons (Fsp3) is 0.448. The van der Waals surface area contributed by atoms with Crippen LogP contribution in [0.2, 0.25) is 5.02 Å². The quantitative estimate of drug-likeness (QED) is 0.355. The van der Waals surface area contributed by atoms with Gasteiger partial charge in [-0.2, -0.15) is 9.78 Å². The number of nitrogens with one attached hydrogen (secondary N) is 2. The Morgan fingerprint density at radius 3 is 2.51 bits per heavy atom. The summed E-state index contributed by atoms with van der Waals surface area (Å²) in [6.45, 7) is 5.99. The lowest BCUT2D eigenvalue weighted by atomic mass is 9.99. The number of carbonyl (C=O) groups is 1. The van der Waals surface area contributed by atoms with E-state index in [1.54, 1.807) is 24.3 Å². The van der Waals surface area contributed by atoms with Crippen molar-refractivity contribution in [1.29, 1.82) is 0 Å². The van der Waals surface area contributed by atoms with Crippen LogP contribution in [0.1, 0.15) is 52.0 Å². The number of alkyl carbamates (subject to hydrolysis) is 1. The highest BCUT2D eigenvalue weighted by Crippen LogP contribution is 2.46. The molecule has 1 aromatic carbocycles. The molecular formula is C29H33ClFN5O5. The van der Waals surface area contributed by atoms with E-state index in [1.165, 1.54) is 12.4 Å². The number of ether oxygens (including phenoxy) is 3. The molecule has 1 unspecified atom stereocenters. The Labute approximate surface area is 242 Å². The van der Waals surface area contributed by atoms with E-state index in [1.807, 2.05) is 32.9 Å². The van der Waals surface area contributed by atoms with Crippen LogP contribution in [0.5, 0.6) is 11.6 Å². The van der Waals surface area contributed by atoms with Crippen molar-refractivity contribution in [1.82, 2.24) is 20.1 Å². The smallest absolute Gasteiger partial charge is 0.408 e. The van der Waals surface area contributed by atoms with Gasteiger partial charge in [-0.1, -0.05) is 23.7 Å². The molecule has 0 bridgehead atoms. The number of benzene rings is 1. The molecule has 1 saturated carbocycles. The van der Waals surface area contributed by atoms with Gasteiger partial charge in [-0.15, -0.1) is 0 Å². The zero-order chi connectivity index (χ0) is 29.3. The molecule has 218 valence electrons.